The van der Waals surface area contributed by atoms with Gasteiger partial charge in [-0.2, -0.15) is 0 Å². The Morgan fingerprint density at radius 3 is 0.923 bits per heavy atom. The van der Waals surface area contributed by atoms with Crippen molar-refractivity contribution in [3.8, 4) is 0 Å². The van der Waals surface area contributed by atoms with Crippen molar-refractivity contribution in [2.75, 3.05) is 13.2 Å². The predicted octanol–water partition coefficient (Wildman–Crippen LogP) is -6.11. The smallest absolute Gasteiger partial charge is 0.559 e. The molecule has 12 N–H and O–H groups in total. The first kappa shape index (κ1) is 29.5. The van der Waals surface area contributed by atoms with Crippen molar-refractivity contribution in [3.63, 3.8) is 0 Å². The average molecular weight is 265 g/mol. The zero-order chi connectivity index (χ0) is 8.57. The summed E-state index contributed by atoms with van der Waals surface area (Å²) in [5.41, 5.74) is 0. The number of hydrogen-bond acceptors (Lipinski definition) is 2. The van der Waals surface area contributed by atoms with E-state index in [1.807, 2.05) is 0 Å². The molecule has 0 aromatic heterocycles. The third kappa shape index (κ3) is 89.1. The fraction of sp³-hybridized carbons (Fsp3) is 0.500. The predicted molar refractivity (Wildman–Crippen MR) is 47.2 cm³/mol. The van der Waals surface area contributed by atoms with Crippen molar-refractivity contribution in [3.05, 3.63) is 0 Å². The molecule has 8 nitrogen and oxygen atoms in total. The Kier molecular flexibility index (Phi) is 51.0. The summed E-state index contributed by atoms with van der Waals surface area (Å²) in [4.78, 5) is 18.6. The van der Waals surface area contributed by atoms with E-state index in [-0.39, 0.29) is 28.5 Å². The van der Waals surface area contributed by atoms with Crippen LogP contribution in [0.1, 0.15) is 0 Å². The molecule has 0 atom stereocenters. The summed E-state index contributed by atoms with van der Waals surface area (Å²) < 4.78 is 0. The van der Waals surface area contributed by atoms with E-state index >= 15 is 0 Å². The molecule has 13 heavy (non-hydrogen) atoms. The van der Waals surface area contributed by atoms with Crippen LogP contribution in [0.4, 0.5) is 0 Å². The zero-order valence-corrected chi connectivity index (χ0v) is 8.83. The summed E-state index contributed by atoms with van der Waals surface area (Å²) in [5, 5.41) is 24.2. The van der Waals surface area contributed by atoms with Crippen LogP contribution in [0.25, 0.3) is 0 Å². The summed E-state index contributed by atoms with van der Waals surface area (Å²) in [6.07, 6.45) is 0. The van der Waals surface area contributed by atoms with Gasteiger partial charge in [-0.15, -0.1) is 0 Å². The van der Waals surface area contributed by atoms with Crippen molar-refractivity contribution in [2.24, 2.45) is 0 Å². The molecule has 0 bridgehead atoms. The van der Waals surface area contributed by atoms with Gasteiger partial charge in [0.1, 0.15) is 0 Å². The molecule has 0 unspecified atom stereocenters. The number of carbonyl (C=O) groups is 2. The molecular weight excluding hydrogens is 249 g/mol. The van der Waals surface area contributed by atoms with E-state index < -0.39 is 25.2 Å². The van der Waals surface area contributed by atoms with Gasteiger partial charge in [0.25, 0.3) is 0 Å². The molecule has 0 aliphatic rings. The SMILES string of the molecule is O.O.O=C([OH2+])C[OH2+].O=C([OH2+])C[OH2+].[Ge]. The fourth-order valence-electron chi connectivity index (χ4n) is 0. The minimum absolute atomic E-state index is 0. The Morgan fingerprint density at radius 2 is 0.923 bits per heavy atom. The van der Waals surface area contributed by atoms with Crippen molar-refractivity contribution in [2.45, 2.75) is 0 Å². The quantitative estimate of drug-likeness (QED) is 0.354. The van der Waals surface area contributed by atoms with Gasteiger partial charge in [-0.25, -0.2) is 0 Å². The second-order valence-corrected chi connectivity index (χ2v) is 1.20. The number of rotatable bonds is 2. The van der Waals surface area contributed by atoms with Gasteiger partial charge >= 0.3 is 25.2 Å². The molecular formula is C4H16GeO8+4. The summed E-state index contributed by atoms with van der Waals surface area (Å²) in [7, 11) is 0. The third-order valence-corrected chi connectivity index (χ3v) is 0.321. The Labute approximate surface area is 84.4 Å². The first-order valence-corrected chi connectivity index (χ1v) is 2.32. The zero-order valence-electron chi connectivity index (χ0n) is 6.73. The molecule has 0 saturated heterocycles. The maximum atomic E-state index is 9.29. The molecule has 0 saturated carbocycles. The van der Waals surface area contributed by atoms with Gasteiger partial charge in [0.05, 0.1) is 9.59 Å². The van der Waals surface area contributed by atoms with E-state index in [1.165, 1.54) is 0 Å². The average Bonchev–Trinajstić information content (AvgIpc) is 1.89. The molecule has 4 radical (unpaired) electrons. The molecule has 0 aliphatic carbocycles. The summed E-state index contributed by atoms with van der Waals surface area (Å²) in [5.74, 6) is -1.66. The van der Waals surface area contributed by atoms with Gasteiger partial charge in [0, 0.05) is 17.6 Å². The van der Waals surface area contributed by atoms with Crippen LogP contribution in [0, 0.1) is 0 Å². The van der Waals surface area contributed by atoms with Crippen molar-refractivity contribution >= 4 is 29.5 Å². The Hall–Kier alpha value is -0.677. The van der Waals surface area contributed by atoms with Crippen LogP contribution in [0.5, 0.6) is 0 Å². The van der Waals surface area contributed by atoms with E-state index in [9.17, 15) is 9.59 Å². The molecule has 80 valence electrons. The molecule has 0 aromatic carbocycles. The van der Waals surface area contributed by atoms with Gasteiger partial charge < -0.3 is 31.4 Å². The first-order valence-electron chi connectivity index (χ1n) is 2.32. The van der Waals surface area contributed by atoms with Crippen molar-refractivity contribution < 1.29 is 41.0 Å². The Morgan fingerprint density at radius 1 is 0.846 bits per heavy atom. The minimum Gasteiger partial charge on any atom is -0.559 e. The van der Waals surface area contributed by atoms with Crippen LogP contribution < -0.4 is 0 Å². The summed E-state index contributed by atoms with van der Waals surface area (Å²) >= 11 is 0. The van der Waals surface area contributed by atoms with E-state index in [4.69, 9.17) is 20.4 Å². The summed E-state index contributed by atoms with van der Waals surface area (Å²) in [6, 6.07) is 0. The van der Waals surface area contributed by atoms with Crippen LogP contribution in [0.2, 0.25) is 0 Å². The number of hydrogen-bond donors (Lipinski definition) is 0. The van der Waals surface area contributed by atoms with Crippen LogP contribution in [0.3, 0.4) is 0 Å². The Balaban J connectivity index is -0.0000000267. The second-order valence-electron chi connectivity index (χ2n) is 1.20. The van der Waals surface area contributed by atoms with Crippen molar-refractivity contribution in [1.82, 2.24) is 0 Å². The van der Waals surface area contributed by atoms with E-state index in [0.717, 1.165) is 0 Å². The largest absolute Gasteiger partial charge is 0.592 e. The van der Waals surface area contributed by atoms with Crippen LogP contribution >= 0.6 is 0 Å². The second kappa shape index (κ2) is 22.5. The number of carbonyl (C=O) groups excluding carboxylic acids is 2. The van der Waals surface area contributed by atoms with Gasteiger partial charge in [-0.1, -0.05) is 0 Å². The molecule has 0 fully saturated rings. The van der Waals surface area contributed by atoms with Crippen LogP contribution in [0.15, 0.2) is 0 Å². The normalized spacial score (nSPS) is 5.69. The molecule has 0 heterocycles. The standard InChI is InChI=1S/2C2H4O3.Ge.2H2O/c2*3-1-2(4)5;;;/h2*3H,1H2,(H,4,5);;2*1H2/p+4. The maximum Gasteiger partial charge on any atom is 0.592 e. The topological polar surface area (TPSA) is 189 Å². The molecule has 9 heteroatoms. The van der Waals surface area contributed by atoms with E-state index in [1.54, 1.807) is 0 Å². The van der Waals surface area contributed by atoms with Crippen LogP contribution in [-0.2, 0) is 9.59 Å². The fourth-order valence-corrected chi connectivity index (χ4v) is 0. The Bertz CT molecular complexity index is 101. The third-order valence-electron chi connectivity index (χ3n) is 0.321. The van der Waals surface area contributed by atoms with E-state index in [0.29, 0.717) is 0 Å². The first-order chi connectivity index (χ1) is 4.54. The molecule has 0 spiro atoms. The van der Waals surface area contributed by atoms with Gasteiger partial charge in [0.2, 0.25) is 0 Å². The van der Waals surface area contributed by atoms with E-state index in [2.05, 4.69) is 0 Å². The molecule has 0 amide bonds. The minimum atomic E-state index is -0.829. The summed E-state index contributed by atoms with van der Waals surface area (Å²) in [6.45, 7) is -0.833. The van der Waals surface area contributed by atoms with Crippen LogP contribution in [-0.4, -0.2) is 74.1 Å². The molecule has 0 rings (SSSR count). The molecule has 0 aliphatic heterocycles. The van der Waals surface area contributed by atoms with Gasteiger partial charge in [0.15, 0.2) is 0 Å². The monoisotopic (exact) mass is 266 g/mol. The maximum absolute atomic E-state index is 9.29. The molecule has 0 aromatic rings. The van der Waals surface area contributed by atoms with Crippen molar-refractivity contribution in [1.29, 1.82) is 0 Å². The van der Waals surface area contributed by atoms with Gasteiger partial charge in [-0.05, 0) is 0 Å². The van der Waals surface area contributed by atoms with Gasteiger partial charge in [-0.3, -0.25) is 0 Å².